The summed E-state index contributed by atoms with van der Waals surface area (Å²) in [4.78, 5) is 25.1. The van der Waals surface area contributed by atoms with Gasteiger partial charge in [-0.15, -0.1) is 0 Å². The van der Waals surface area contributed by atoms with E-state index in [-0.39, 0.29) is 11.2 Å². The molecule has 1 N–H and O–H groups in total. The van der Waals surface area contributed by atoms with E-state index in [1.807, 2.05) is 0 Å². The molecule has 0 radical (unpaired) electrons. The van der Waals surface area contributed by atoms with Crippen molar-refractivity contribution in [2.24, 2.45) is 5.92 Å². The second-order valence-corrected chi connectivity index (χ2v) is 4.73. The summed E-state index contributed by atoms with van der Waals surface area (Å²) in [6, 6.07) is 0. The summed E-state index contributed by atoms with van der Waals surface area (Å²) in [7, 11) is 0. The molecule has 1 heterocycles. The molecule has 0 amide bonds. The van der Waals surface area contributed by atoms with Gasteiger partial charge >= 0.3 is 5.69 Å². The molecular weight excluding hydrogens is 204 g/mol. The van der Waals surface area contributed by atoms with Gasteiger partial charge in [-0.25, -0.2) is 4.79 Å². The first-order chi connectivity index (χ1) is 7.66. The molecule has 1 aromatic rings. The molecule has 4 heteroatoms. The SMILES string of the molecule is Cc1cn(CC2CCCCC2)c(=O)[nH]c1=O. The maximum absolute atomic E-state index is 11.6. The molecule has 0 atom stereocenters. The van der Waals surface area contributed by atoms with Crippen molar-refractivity contribution in [1.82, 2.24) is 9.55 Å². The van der Waals surface area contributed by atoms with E-state index in [9.17, 15) is 9.59 Å². The van der Waals surface area contributed by atoms with Crippen LogP contribution in [0.2, 0.25) is 0 Å². The zero-order chi connectivity index (χ0) is 11.5. The molecule has 0 aliphatic heterocycles. The molecule has 1 saturated carbocycles. The Morgan fingerprint density at radius 3 is 2.69 bits per heavy atom. The summed E-state index contributed by atoms with van der Waals surface area (Å²) in [5.41, 5.74) is 0.0569. The maximum Gasteiger partial charge on any atom is 0.328 e. The highest BCUT2D eigenvalue weighted by molar-refractivity contribution is 5.00. The van der Waals surface area contributed by atoms with Crippen molar-refractivity contribution in [3.05, 3.63) is 32.6 Å². The third-order valence-corrected chi connectivity index (χ3v) is 3.37. The molecule has 2 rings (SSSR count). The Bertz CT molecular complexity index is 467. The highest BCUT2D eigenvalue weighted by Crippen LogP contribution is 2.24. The Morgan fingerprint density at radius 1 is 1.31 bits per heavy atom. The number of H-pyrrole nitrogens is 1. The highest BCUT2D eigenvalue weighted by Gasteiger charge is 2.14. The lowest BCUT2D eigenvalue weighted by atomic mass is 9.89. The van der Waals surface area contributed by atoms with Crippen LogP contribution >= 0.6 is 0 Å². The largest absolute Gasteiger partial charge is 0.328 e. The fourth-order valence-electron chi connectivity index (χ4n) is 2.40. The van der Waals surface area contributed by atoms with Crippen LogP contribution in [0, 0.1) is 12.8 Å². The number of hydrogen-bond acceptors (Lipinski definition) is 2. The second-order valence-electron chi connectivity index (χ2n) is 4.73. The predicted molar refractivity (Wildman–Crippen MR) is 62.6 cm³/mol. The van der Waals surface area contributed by atoms with Crippen LogP contribution in [0.15, 0.2) is 15.8 Å². The van der Waals surface area contributed by atoms with Crippen molar-refractivity contribution in [1.29, 1.82) is 0 Å². The summed E-state index contributed by atoms with van der Waals surface area (Å²) >= 11 is 0. The van der Waals surface area contributed by atoms with Crippen LogP contribution in [0.1, 0.15) is 37.7 Å². The summed E-state index contributed by atoms with van der Waals surface area (Å²) in [5, 5.41) is 0. The van der Waals surface area contributed by atoms with Crippen LogP contribution in [-0.2, 0) is 6.54 Å². The number of nitrogens with zero attached hydrogens (tertiary/aromatic N) is 1. The molecule has 1 aliphatic rings. The average Bonchev–Trinajstić information content (AvgIpc) is 2.27. The smallest absolute Gasteiger partial charge is 0.300 e. The molecule has 1 aromatic heterocycles. The molecule has 0 unspecified atom stereocenters. The number of rotatable bonds is 2. The van der Waals surface area contributed by atoms with Gasteiger partial charge in [0.2, 0.25) is 0 Å². The molecule has 88 valence electrons. The lowest BCUT2D eigenvalue weighted by molar-refractivity contribution is 0.314. The quantitative estimate of drug-likeness (QED) is 0.823. The van der Waals surface area contributed by atoms with Crippen molar-refractivity contribution in [3.8, 4) is 0 Å². The average molecular weight is 222 g/mol. The molecule has 4 nitrogen and oxygen atoms in total. The first kappa shape index (κ1) is 11.2. The van der Waals surface area contributed by atoms with Crippen LogP contribution in [0.5, 0.6) is 0 Å². The number of hydrogen-bond donors (Lipinski definition) is 1. The van der Waals surface area contributed by atoms with Gasteiger partial charge in [0.15, 0.2) is 0 Å². The van der Waals surface area contributed by atoms with Crippen molar-refractivity contribution < 1.29 is 0 Å². The number of aromatic amines is 1. The van der Waals surface area contributed by atoms with E-state index in [0.29, 0.717) is 11.5 Å². The topological polar surface area (TPSA) is 54.9 Å². The lowest BCUT2D eigenvalue weighted by Crippen LogP contribution is -2.32. The Hall–Kier alpha value is -1.32. The molecule has 0 spiro atoms. The van der Waals surface area contributed by atoms with Crippen molar-refractivity contribution >= 4 is 0 Å². The van der Waals surface area contributed by atoms with Gasteiger partial charge in [0.05, 0.1) is 0 Å². The third-order valence-electron chi connectivity index (χ3n) is 3.37. The van der Waals surface area contributed by atoms with E-state index in [2.05, 4.69) is 4.98 Å². The summed E-state index contributed by atoms with van der Waals surface area (Å²) in [5.74, 6) is 0.594. The van der Waals surface area contributed by atoms with Gasteiger partial charge in [-0.3, -0.25) is 9.78 Å². The minimum atomic E-state index is -0.277. The normalized spacial score (nSPS) is 17.6. The number of aromatic nitrogens is 2. The van der Waals surface area contributed by atoms with Gasteiger partial charge in [-0.2, -0.15) is 0 Å². The minimum absolute atomic E-state index is 0.273. The van der Waals surface area contributed by atoms with E-state index < -0.39 is 0 Å². The summed E-state index contributed by atoms with van der Waals surface area (Å²) < 4.78 is 1.65. The maximum atomic E-state index is 11.6. The first-order valence-corrected chi connectivity index (χ1v) is 5.97. The summed E-state index contributed by atoms with van der Waals surface area (Å²) in [6.45, 7) is 2.48. The highest BCUT2D eigenvalue weighted by atomic mass is 16.2. The van der Waals surface area contributed by atoms with Gasteiger partial charge in [0.1, 0.15) is 0 Å². The third kappa shape index (κ3) is 2.43. The van der Waals surface area contributed by atoms with Gasteiger partial charge in [0.25, 0.3) is 5.56 Å². The van der Waals surface area contributed by atoms with Gasteiger partial charge in [-0.05, 0) is 25.7 Å². The molecule has 0 saturated heterocycles. The fraction of sp³-hybridized carbons (Fsp3) is 0.667. The van der Waals surface area contributed by atoms with Crippen LogP contribution in [0.3, 0.4) is 0 Å². The molecule has 0 bridgehead atoms. The van der Waals surface area contributed by atoms with Gasteiger partial charge in [-0.1, -0.05) is 19.3 Å². The van der Waals surface area contributed by atoms with Gasteiger partial charge in [0, 0.05) is 18.3 Å². The van der Waals surface area contributed by atoms with E-state index in [1.165, 1.54) is 32.1 Å². The molecular formula is C12H18N2O2. The van der Waals surface area contributed by atoms with Crippen molar-refractivity contribution in [2.75, 3.05) is 0 Å². The predicted octanol–water partition coefficient (Wildman–Crippen LogP) is 1.43. The zero-order valence-corrected chi connectivity index (χ0v) is 9.66. The zero-order valence-electron chi connectivity index (χ0n) is 9.66. The number of nitrogens with one attached hydrogen (secondary N) is 1. The van der Waals surface area contributed by atoms with Crippen LogP contribution in [0.25, 0.3) is 0 Å². The first-order valence-electron chi connectivity index (χ1n) is 5.97. The van der Waals surface area contributed by atoms with E-state index in [0.717, 1.165) is 6.54 Å². The van der Waals surface area contributed by atoms with Crippen molar-refractivity contribution in [3.63, 3.8) is 0 Å². The Labute approximate surface area is 94.3 Å². The minimum Gasteiger partial charge on any atom is -0.300 e. The van der Waals surface area contributed by atoms with Gasteiger partial charge < -0.3 is 4.57 Å². The van der Waals surface area contributed by atoms with Crippen LogP contribution < -0.4 is 11.2 Å². The Morgan fingerprint density at radius 2 is 2.00 bits per heavy atom. The van der Waals surface area contributed by atoms with Crippen LogP contribution in [-0.4, -0.2) is 9.55 Å². The second kappa shape index (κ2) is 4.68. The van der Waals surface area contributed by atoms with E-state index in [4.69, 9.17) is 0 Å². The monoisotopic (exact) mass is 222 g/mol. The molecule has 16 heavy (non-hydrogen) atoms. The number of aryl methyl sites for hydroxylation is 1. The molecule has 0 aromatic carbocycles. The standard InChI is InChI=1S/C12H18N2O2/c1-9-7-14(12(16)13-11(9)15)8-10-5-3-2-4-6-10/h7,10H,2-6,8H2,1H3,(H,13,15,16). The Balaban J connectivity index is 2.17. The van der Waals surface area contributed by atoms with E-state index >= 15 is 0 Å². The Kier molecular flexibility index (Phi) is 3.27. The van der Waals surface area contributed by atoms with E-state index in [1.54, 1.807) is 17.7 Å². The van der Waals surface area contributed by atoms with Crippen molar-refractivity contribution in [2.45, 2.75) is 45.6 Å². The molecule has 1 aliphatic carbocycles. The van der Waals surface area contributed by atoms with Crippen LogP contribution in [0.4, 0.5) is 0 Å². The summed E-state index contributed by atoms with van der Waals surface area (Å²) in [6.07, 6.45) is 7.92. The lowest BCUT2D eigenvalue weighted by Gasteiger charge is -2.22. The molecule has 1 fully saturated rings. The fourth-order valence-corrected chi connectivity index (χ4v) is 2.40.